The van der Waals surface area contributed by atoms with Gasteiger partial charge in [-0.2, -0.15) is 0 Å². The SMILES string of the molecule is CO[C@@H]1OC[C@@H]([CH]CO[Si](C)(C)C(C)(C)C)OC1O. The van der Waals surface area contributed by atoms with E-state index in [9.17, 15) is 5.11 Å². The van der Waals surface area contributed by atoms with Crippen LogP contribution in [-0.2, 0) is 18.6 Å². The Labute approximate surface area is 117 Å². The largest absolute Gasteiger partial charge is 0.416 e. The van der Waals surface area contributed by atoms with Crippen LogP contribution in [0.25, 0.3) is 0 Å². The molecule has 1 N–H and O–H groups in total. The van der Waals surface area contributed by atoms with Gasteiger partial charge in [-0.05, 0) is 18.1 Å². The second-order valence-corrected chi connectivity index (χ2v) is 11.1. The van der Waals surface area contributed by atoms with Gasteiger partial charge in [-0.1, -0.05) is 20.8 Å². The zero-order valence-corrected chi connectivity index (χ0v) is 13.8. The Bertz CT molecular complexity index is 277. The lowest BCUT2D eigenvalue weighted by atomic mass is 10.2. The van der Waals surface area contributed by atoms with Crippen molar-refractivity contribution in [1.82, 2.24) is 0 Å². The summed E-state index contributed by atoms with van der Waals surface area (Å²) in [4.78, 5) is 0. The highest BCUT2D eigenvalue weighted by atomic mass is 28.4. The summed E-state index contributed by atoms with van der Waals surface area (Å²) in [6.45, 7) is 11.9. The van der Waals surface area contributed by atoms with Crippen LogP contribution in [0.4, 0.5) is 0 Å². The summed E-state index contributed by atoms with van der Waals surface area (Å²) in [6, 6.07) is 0. The maximum Gasteiger partial charge on any atom is 0.209 e. The predicted molar refractivity (Wildman–Crippen MR) is 75.1 cm³/mol. The van der Waals surface area contributed by atoms with Crippen LogP contribution in [0, 0.1) is 6.42 Å². The zero-order valence-electron chi connectivity index (χ0n) is 12.8. The van der Waals surface area contributed by atoms with Gasteiger partial charge >= 0.3 is 0 Å². The van der Waals surface area contributed by atoms with E-state index in [-0.39, 0.29) is 11.1 Å². The van der Waals surface area contributed by atoms with Gasteiger partial charge in [0.25, 0.3) is 0 Å². The van der Waals surface area contributed by atoms with Crippen LogP contribution in [0.2, 0.25) is 18.1 Å². The third-order valence-electron chi connectivity index (χ3n) is 3.81. The molecule has 6 heteroatoms. The Hall–Kier alpha value is 0.0169. The second kappa shape index (κ2) is 6.65. The summed E-state index contributed by atoms with van der Waals surface area (Å²) >= 11 is 0. The number of hydrogen-bond acceptors (Lipinski definition) is 5. The van der Waals surface area contributed by atoms with Gasteiger partial charge in [0.05, 0.1) is 12.7 Å². The van der Waals surface area contributed by atoms with Crippen molar-refractivity contribution < 1.29 is 23.7 Å². The quantitative estimate of drug-likeness (QED) is 0.784. The Morgan fingerprint density at radius 2 is 2.00 bits per heavy atom. The van der Waals surface area contributed by atoms with E-state index >= 15 is 0 Å². The van der Waals surface area contributed by atoms with Crippen LogP contribution < -0.4 is 0 Å². The van der Waals surface area contributed by atoms with Crippen molar-refractivity contribution >= 4 is 8.32 Å². The molecule has 0 aromatic carbocycles. The molecule has 1 rings (SSSR count). The number of methoxy groups -OCH3 is 1. The Balaban J connectivity index is 2.31. The van der Waals surface area contributed by atoms with Crippen molar-refractivity contribution in [3.8, 4) is 0 Å². The van der Waals surface area contributed by atoms with E-state index in [0.717, 1.165) is 0 Å². The maximum atomic E-state index is 9.60. The molecule has 0 bridgehead atoms. The number of aliphatic hydroxyl groups excluding tert-OH is 1. The van der Waals surface area contributed by atoms with Crippen molar-refractivity contribution in [2.75, 3.05) is 20.3 Å². The van der Waals surface area contributed by atoms with Crippen molar-refractivity contribution in [3.63, 3.8) is 0 Å². The molecule has 113 valence electrons. The highest BCUT2D eigenvalue weighted by Gasteiger charge is 2.37. The van der Waals surface area contributed by atoms with Gasteiger partial charge in [-0.25, -0.2) is 0 Å². The molecule has 1 heterocycles. The van der Waals surface area contributed by atoms with E-state index in [1.54, 1.807) is 0 Å². The first-order valence-corrected chi connectivity index (χ1v) is 9.53. The van der Waals surface area contributed by atoms with Gasteiger partial charge in [0, 0.05) is 20.1 Å². The Kier molecular flexibility index (Phi) is 5.97. The molecule has 1 aliphatic rings. The molecule has 0 saturated carbocycles. The molecule has 1 radical (unpaired) electrons. The summed E-state index contributed by atoms with van der Waals surface area (Å²) in [5, 5.41) is 9.79. The molecular formula is C13H27O5Si. The fourth-order valence-electron chi connectivity index (χ4n) is 1.44. The highest BCUT2D eigenvalue weighted by Crippen LogP contribution is 2.36. The third kappa shape index (κ3) is 4.80. The molecular weight excluding hydrogens is 264 g/mol. The molecule has 0 amide bonds. The number of hydrogen-bond donors (Lipinski definition) is 1. The van der Waals surface area contributed by atoms with Crippen molar-refractivity contribution in [1.29, 1.82) is 0 Å². The summed E-state index contributed by atoms with van der Waals surface area (Å²) in [7, 11) is -0.268. The lowest BCUT2D eigenvalue weighted by molar-refractivity contribution is -0.316. The van der Waals surface area contributed by atoms with Gasteiger partial charge in [0.1, 0.15) is 0 Å². The number of aliphatic hydroxyl groups is 1. The molecule has 0 aromatic rings. The van der Waals surface area contributed by atoms with Crippen molar-refractivity contribution in [2.45, 2.75) is 57.6 Å². The van der Waals surface area contributed by atoms with Crippen molar-refractivity contribution in [2.24, 2.45) is 0 Å². The smallest absolute Gasteiger partial charge is 0.209 e. The van der Waals surface area contributed by atoms with E-state index in [4.69, 9.17) is 18.6 Å². The van der Waals surface area contributed by atoms with Crippen molar-refractivity contribution in [3.05, 3.63) is 6.42 Å². The summed E-state index contributed by atoms with van der Waals surface area (Å²) < 4.78 is 21.6. The van der Waals surface area contributed by atoms with Crippen LogP contribution in [0.1, 0.15) is 20.8 Å². The molecule has 5 nitrogen and oxygen atoms in total. The molecule has 1 fully saturated rings. The van der Waals surface area contributed by atoms with Crippen LogP contribution in [0.5, 0.6) is 0 Å². The summed E-state index contributed by atoms with van der Waals surface area (Å²) in [5.41, 5.74) is 0. The van der Waals surface area contributed by atoms with Gasteiger partial charge in [-0.3, -0.25) is 0 Å². The Morgan fingerprint density at radius 3 is 2.47 bits per heavy atom. The molecule has 19 heavy (non-hydrogen) atoms. The minimum atomic E-state index is -1.74. The molecule has 0 spiro atoms. The number of ether oxygens (including phenoxy) is 3. The molecule has 3 atom stereocenters. The first-order chi connectivity index (χ1) is 8.67. The van der Waals surface area contributed by atoms with Crippen LogP contribution in [0.3, 0.4) is 0 Å². The number of rotatable bonds is 5. The highest BCUT2D eigenvalue weighted by molar-refractivity contribution is 6.74. The van der Waals surface area contributed by atoms with E-state index in [1.165, 1.54) is 7.11 Å². The predicted octanol–water partition coefficient (Wildman–Crippen LogP) is 1.92. The Morgan fingerprint density at radius 1 is 1.37 bits per heavy atom. The van der Waals surface area contributed by atoms with Crippen LogP contribution in [0.15, 0.2) is 0 Å². The normalized spacial score (nSPS) is 29.5. The second-order valence-electron chi connectivity index (χ2n) is 6.31. The summed E-state index contributed by atoms with van der Waals surface area (Å²) in [5.74, 6) is 0. The monoisotopic (exact) mass is 291 g/mol. The maximum absolute atomic E-state index is 9.60. The lowest BCUT2D eigenvalue weighted by Crippen LogP contribution is -2.46. The van der Waals surface area contributed by atoms with E-state index in [1.807, 2.05) is 6.42 Å². The summed E-state index contributed by atoms with van der Waals surface area (Å²) in [6.07, 6.45) is -0.111. The minimum absolute atomic E-state index is 0.186. The average Bonchev–Trinajstić information content (AvgIpc) is 2.27. The van der Waals surface area contributed by atoms with Gasteiger partial charge in [0.15, 0.2) is 8.32 Å². The molecule has 1 aliphatic heterocycles. The lowest BCUT2D eigenvalue weighted by Gasteiger charge is -2.37. The van der Waals surface area contributed by atoms with Crippen LogP contribution in [-0.4, -0.2) is 52.4 Å². The first-order valence-electron chi connectivity index (χ1n) is 6.62. The standard InChI is InChI=1S/C13H27O5Si/c1-13(2,3)19(5,6)17-8-7-10-9-16-12(15-4)11(14)18-10/h7,10-12,14H,8-9H2,1-6H3/t10-,11?,12-/m1/s1. The first kappa shape index (κ1) is 17.1. The molecule has 0 aliphatic carbocycles. The fraction of sp³-hybridized carbons (Fsp3) is 0.923. The molecule has 0 aromatic heterocycles. The van der Waals surface area contributed by atoms with Crippen LogP contribution >= 0.6 is 0 Å². The zero-order chi connectivity index (χ0) is 14.7. The molecule has 1 saturated heterocycles. The topological polar surface area (TPSA) is 57.2 Å². The third-order valence-corrected chi connectivity index (χ3v) is 8.31. The van der Waals surface area contributed by atoms with E-state index in [0.29, 0.717) is 13.2 Å². The average molecular weight is 291 g/mol. The van der Waals surface area contributed by atoms with E-state index in [2.05, 4.69) is 33.9 Å². The fourth-order valence-corrected chi connectivity index (χ4v) is 2.39. The van der Waals surface area contributed by atoms with E-state index < -0.39 is 20.9 Å². The minimum Gasteiger partial charge on any atom is -0.416 e. The van der Waals surface area contributed by atoms with Gasteiger partial charge < -0.3 is 23.7 Å². The molecule has 1 unspecified atom stereocenters. The van der Waals surface area contributed by atoms with Gasteiger partial charge in [-0.15, -0.1) is 0 Å². The van der Waals surface area contributed by atoms with Gasteiger partial charge in [0.2, 0.25) is 12.6 Å².